The summed E-state index contributed by atoms with van der Waals surface area (Å²) in [6.07, 6.45) is 8.01. The van der Waals surface area contributed by atoms with Crippen molar-refractivity contribution in [3.63, 3.8) is 0 Å². The van der Waals surface area contributed by atoms with Crippen LogP contribution in [0.1, 0.15) is 63.1 Å². The summed E-state index contributed by atoms with van der Waals surface area (Å²) in [7, 11) is 0. The van der Waals surface area contributed by atoms with Gasteiger partial charge >= 0.3 is 0 Å². The molecule has 0 radical (unpaired) electrons. The van der Waals surface area contributed by atoms with Crippen LogP contribution in [-0.2, 0) is 6.42 Å². The van der Waals surface area contributed by atoms with Gasteiger partial charge in [0.25, 0.3) is 0 Å². The maximum absolute atomic E-state index is 9.11. The summed E-state index contributed by atoms with van der Waals surface area (Å²) >= 11 is 0. The molecule has 1 aromatic rings. The molecule has 20 heavy (non-hydrogen) atoms. The lowest BCUT2D eigenvalue weighted by molar-refractivity contribution is 0.299. The van der Waals surface area contributed by atoms with Crippen molar-refractivity contribution >= 4 is 5.57 Å². The Labute approximate surface area is 124 Å². The first-order valence-corrected chi connectivity index (χ1v) is 8.02. The second-order valence-electron chi connectivity index (χ2n) is 5.70. The zero-order valence-electron chi connectivity index (χ0n) is 13.6. The highest BCUT2D eigenvalue weighted by atomic mass is 16.2. The zero-order chi connectivity index (χ0) is 15.0. The third kappa shape index (κ3) is 4.79. The fraction of sp³-hybridized carbons (Fsp3) is 0.579. The molecule has 1 rings (SSSR count). The summed E-state index contributed by atoms with van der Waals surface area (Å²) in [6, 6.07) is 6.58. The summed E-state index contributed by atoms with van der Waals surface area (Å²) in [4.78, 5) is 0. The van der Waals surface area contributed by atoms with E-state index in [0.717, 1.165) is 12.3 Å². The van der Waals surface area contributed by atoms with Crippen LogP contribution in [0.2, 0.25) is 0 Å². The van der Waals surface area contributed by atoms with Gasteiger partial charge in [-0.1, -0.05) is 57.4 Å². The van der Waals surface area contributed by atoms with Crippen molar-refractivity contribution in [3.8, 4) is 0 Å². The predicted molar refractivity (Wildman–Crippen MR) is 88.9 cm³/mol. The van der Waals surface area contributed by atoms with E-state index in [1.165, 1.54) is 47.9 Å². The smallest absolute Gasteiger partial charge is 0.0471 e. The summed E-state index contributed by atoms with van der Waals surface area (Å²) in [6.45, 7) is 9.11. The molecule has 0 saturated carbocycles. The first-order valence-electron chi connectivity index (χ1n) is 8.02. The van der Waals surface area contributed by atoms with Crippen LogP contribution in [-0.4, -0.2) is 11.7 Å². The van der Waals surface area contributed by atoms with Crippen molar-refractivity contribution in [2.24, 2.45) is 5.92 Å². The molecule has 0 spiro atoms. The van der Waals surface area contributed by atoms with E-state index in [4.69, 9.17) is 5.11 Å². The van der Waals surface area contributed by atoms with Crippen LogP contribution in [0.3, 0.4) is 0 Å². The van der Waals surface area contributed by atoms with Crippen LogP contribution >= 0.6 is 0 Å². The van der Waals surface area contributed by atoms with Gasteiger partial charge in [0.15, 0.2) is 0 Å². The predicted octanol–water partition coefficient (Wildman–Crippen LogP) is 5.15. The minimum absolute atomic E-state index is 0.223. The number of benzene rings is 1. The molecule has 1 nitrogen and oxygen atoms in total. The van der Waals surface area contributed by atoms with E-state index in [9.17, 15) is 0 Å². The normalized spacial score (nSPS) is 13.6. The first-order chi connectivity index (χ1) is 9.65. The quantitative estimate of drug-likeness (QED) is 0.695. The molecule has 0 aliphatic heterocycles. The van der Waals surface area contributed by atoms with Crippen molar-refractivity contribution in [1.29, 1.82) is 0 Å². The molecule has 1 atom stereocenters. The van der Waals surface area contributed by atoms with Crippen molar-refractivity contribution in [2.75, 3.05) is 6.61 Å². The highest BCUT2D eigenvalue weighted by molar-refractivity contribution is 5.68. The Morgan fingerprint density at radius 3 is 2.60 bits per heavy atom. The number of aliphatic hydroxyl groups is 1. The van der Waals surface area contributed by atoms with Gasteiger partial charge in [0, 0.05) is 6.61 Å². The van der Waals surface area contributed by atoms with Gasteiger partial charge in [0.2, 0.25) is 0 Å². The maximum Gasteiger partial charge on any atom is 0.0471 e. The fourth-order valence-electron chi connectivity index (χ4n) is 2.85. The summed E-state index contributed by atoms with van der Waals surface area (Å²) in [5.74, 6) is 0.784. The number of aryl methyl sites for hydroxylation is 1. The molecule has 0 heterocycles. The van der Waals surface area contributed by atoms with Crippen LogP contribution in [0.25, 0.3) is 5.57 Å². The highest BCUT2D eigenvalue weighted by Crippen LogP contribution is 2.29. The van der Waals surface area contributed by atoms with Gasteiger partial charge in [-0.25, -0.2) is 0 Å². The number of rotatable bonds is 8. The molecular weight excluding hydrogens is 244 g/mol. The second-order valence-corrected chi connectivity index (χ2v) is 5.70. The van der Waals surface area contributed by atoms with E-state index in [1.807, 2.05) is 0 Å². The summed E-state index contributed by atoms with van der Waals surface area (Å²) in [5.41, 5.74) is 5.40. The first kappa shape index (κ1) is 17.0. The molecule has 112 valence electrons. The van der Waals surface area contributed by atoms with Crippen molar-refractivity contribution in [1.82, 2.24) is 0 Å². The number of hydrogen-bond acceptors (Lipinski definition) is 1. The molecule has 0 unspecified atom stereocenters. The summed E-state index contributed by atoms with van der Waals surface area (Å²) < 4.78 is 0. The number of allylic oxidation sites excluding steroid dienone is 2. The lowest BCUT2D eigenvalue weighted by Gasteiger charge is -2.18. The van der Waals surface area contributed by atoms with Gasteiger partial charge in [0.05, 0.1) is 0 Å². The van der Waals surface area contributed by atoms with E-state index in [-0.39, 0.29) is 6.61 Å². The van der Waals surface area contributed by atoms with Gasteiger partial charge in [0.1, 0.15) is 0 Å². The Morgan fingerprint density at radius 2 is 2.05 bits per heavy atom. The van der Waals surface area contributed by atoms with Gasteiger partial charge in [-0.15, -0.1) is 0 Å². The third-order valence-corrected chi connectivity index (χ3v) is 4.18. The molecule has 0 aliphatic rings. The Kier molecular flexibility index (Phi) is 7.61. The third-order valence-electron chi connectivity index (χ3n) is 4.18. The zero-order valence-corrected chi connectivity index (χ0v) is 13.6. The maximum atomic E-state index is 9.11. The molecule has 1 N–H and O–H groups in total. The molecule has 0 saturated heterocycles. The van der Waals surface area contributed by atoms with Crippen molar-refractivity contribution in [2.45, 2.75) is 59.8 Å². The molecular formula is C19H30O. The summed E-state index contributed by atoms with van der Waals surface area (Å²) in [5, 5.41) is 9.11. The van der Waals surface area contributed by atoms with Crippen LogP contribution in [0.4, 0.5) is 0 Å². The Hall–Kier alpha value is -1.08. The molecule has 0 aromatic heterocycles. The Morgan fingerprint density at radius 1 is 1.30 bits per heavy atom. The lowest BCUT2D eigenvalue weighted by Crippen LogP contribution is -2.02. The second kappa shape index (κ2) is 8.97. The average Bonchev–Trinajstić information content (AvgIpc) is 2.46. The van der Waals surface area contributed by atoms with Gasteiger partial charge in [-0.3, -0.25) is 0 Å². The lowest BCUT2D eigenvalue weighted by atomic mass is 9.87. The van der Waals surface area contributed by atoms with Crippen molar-refractivity contribution in [3.05, 3.63) is 41.0 Å². The van der Waals surface area contributed by atoms with Crippen LogP contribution < -0.4 is 0 Å². The van der Waals surface area contributed by atoms with Crippen LogP contribution in [0, 0.1) is 12.8 Å². The van der Waals surface area contributed by atoms with Crippen LogP contribution in [0.15, 0.2) is 24.3 Å². The number of hydrogen-bond donors (Lipinski definition) is 1. The standard InChI is InChI=1S/C19H30O/c1-5-8-16(6-2)13-18(7-3)19-14-17(11-12-20)10-9-15(19)4/h7,9-10,14,16,20H,5-6,8,11-13H2,1-4H3/b18-7-/t16-/m1/s1. The van der Waals surface area contributed by atoms with Gasteiger partial charge < -0.3 is 5.11 Å². The Bertz CT molecular complexity index is 431. The van der Waals surface area contributed by atoms with E-state index < -0.39 is 0 Å². The Balaban J connectivity index is 2.96. The minimum atomic E-state index is 0.223. The number of aliphatic hydroxyl groups excluding tert-OH is 1. The van der Waals surface area contributed by atoms with Gasteiger partial charge in [-0.05, 0) is 54.9 Å². The molecule has 0 aliphatic carbocycles. The molecule has 0 amide bonds. The van der Waals surface area contributed by atoms with Crippen LogP contribution in [0.5, 0.6) is 0 Å². The molecule has 0 fully saturated rings. The molecule has 1 heteroatoms. The van der Waals surface area contributed by atoms with E-state index in [0.29, 0.717) is 0 Å². The van der Waals surface area contributed by atoms with E-state index >= 15 is 0 Å². The van der Waals surface area contributed by atoms with Crippen molar-refractivity contribution < 1.29 is 5.11 Å². The fourth-order valence-corrected chi connectivity index (χ4v) is 2.85. The largest absolute Gasteiger partial charge is 0.396 e. The van der Waals surface area contributed by atoms with Gasteiger partial charge in [-0.2, -0.15) is 0 Å². The molecule has 0 bridgehead atoms. The molecule has 1 aromatic carbocycles. The topological polar surface area (TPSA) is 20.2 Å². The van der Waals surface area contributed by atoms with E-state index in [1.54, 1.807) is 0 Å². The average molecular weight is 274 g/mol. The SMILES string of the molecule is C/C=C(/C[C@H](CC)CCC)c1cc(CCO)ccc1C. The minimum Gasteiger partial charge on any atom is -0.396 e. The van der Waals surface area contributed by atoms with E-state index in [2.05, 4.69) is 52.0 Å². The monoisotopic (exact) mass is 274 g/mol. The highest BCUT2D eigenvalue weighted by Gasteiger charge is 2.12.